The first-order chi connectivity index (χ1) is 11.5. The largest absolute Gasteiger partial charge is 0.381 e. The van der Waals surface area contributed by atoms with Crippen molar-refractivity contribution in [2.45, 2.75) is 37.5 Å². The van der Waals surface area contributed by atoms with Gasteiger partial charge in [-0.2, -0.15) is 0 Å². The van der Waals surface area contributed by atoms with Crippen LogP contribution in [0.15, 0.2) is 24.3 Å². The monoisotopic (exact) mass is 349 g/mol. The fourth-order valence-corrected chi connectivity index (χ4v) is 6.67. The van der Waals surface area contributed by atoms with Gasteiger partial charge in [-0.25, -0.2) is 8.42 Å². The minimum absolute atomic E-state index is 0.175. The van der Waals surface area contributed by atoms with Crippen molar-refractivity contribution in [3.8, 4) is 0 Å². The minimum Gasteiger partial charge on any atom is -0.381 e. The summed E-state index contributed by atoms with van der Waals surface area (Å²) < 4.78 is 30.6. The van der Waals surface area contributed by atoms with Gasteiger partial charge in [-0.1, -0.05) is 24.3 Å². The summed E-state index contributed by atoms with van der Waals surface area (Å²) in [4.78, 5) is 2.28. The minimum atomic E-state index is -2.99. The molecule has 2 heterocycles. The zero-order valence-corrected chi connectivity index (χ0v) is 15.2. The number of ether oxygens (including phenoxy) is 1. The van der Waals surface area contributed by atoms with Crippen molar-refractivity contribution in [1.82, 2.24) is 4.90 Å². The van der Waals surface area contributed by atoms with Gasteiger partial charge in [-0.3, -0.25) is 4.90 Å². The molecule has 3 fully saturated rings. The van der Waals surface area contributed by atoms with Crippen LogP contribution in [-0.2, 0) is 21.1 Å². The highest BCUT2D eigenvalue weighted by atomic mass is 32.2. The number of benzene rings is 1. The Bertz CT molecular complexity index is 705. The van der Waals surface area contributed by atoms with E-state index in [0.29, 0.717) is 25.4 Å². The first-order valence-corrected chi connectivity index (χ1v) is 10.7. The van der Waals surface area contributed by atoms with Gasteiger partial charge >= 0.3 is 0 Å². The third-order valence-electron chi connectivity index (χ3n) is 6.11. The molecule has 0 amide bonds. The lowest BCUT2D eigenvalue weighted by Crippen LogP contribution is -2.67. The van der Waals surface area contributed by atoms with Crippen LogP contribution in [0.4, 0.5) is 0 Å². The Balaban J connectivity index is 1.40. The lowest BCUT2D eigenvalue weighted by molar-refractivity contribution is 0.0226. The second-order valence-electron chi connectivity index (χ2n) is 7.92. The number of hydrogen-bond donors (Lipinski definition) is 0. The van der Waals surface area contributed by atoms with Crippen LogP contribution in [0.5, 0.6) is 0 Å². The summed E-state index contributed by atoms with van der Waals surface area (Å²) in [5, 5.41) is 0. The van der Waals surface area contributed by atoms with E-state index in [1.165, 1.54) is 24.0 Å². The Labute approximate surface area is 145 Å². The maximum atomic E-state index is 12.7. The summed E-state index contributed by atoms with van der Waals surface area (Å²) >= 11 is 0. The summed E-state index contributed by atoms with van der Waals surface area (Å²) in [6.45, 7) is 5.74. The van der Waals surface area contributed by atoms with E-state index in [9.17, 15) is 8.42 Å². The molecule has 1 unspecified atom stereocenters. The molecule has 1 aromatic rings. The van der Waals surface area contributed by atoms with E-state index in [2.05, 4.69) is 30.0 Å². The summed E-state index contributed by atoms with van der Waals surface area (Å²) in [6, 6.07) is 8.36. The van der Waals surface area contributed by atoms with Gasteiger partial charge < -0.3 is 4.74 Å². The van der Waals surface area contributed by atoms with Crippen LogP contribution in [-0.4, -0.2) is 50.1 Å². The smallest absolute Gasteiger partial charge is 0.158 e. The maximum Gasteiger partial charge on any atom is 0.158 e. The Morgan fingerprint density at radius 1 is 1.17 bits per heavy atom. The fraction of sp³-hybridized carbons (Fsp3) is 0.684. The van der Waals surface area contributed by atoms with Gasteiger partial charge in [-0.15, -0.1) is 0 Å². The Morgan fingerprint density at radius 2 is 1.92 bits per heavy atom. The van der Waals surface area contributed by atoms with E-state index in [1.54, 1.807) is 0 Å². The highest BCUT2D eigenvalue weighted by molar-refractivity contribution is 7.93. The summed E-state index contributed by atoms with van der Waals surface area (Å²) in [5.74, 6) is 1.25. The number of aryl methyl sites for hydroxylation is 1. The second kappa shape index (κ2) is 6.11. The van der Waals surface area contributed by atoms with Crippen molar-refractivity contribution in [3.63, 3.8) is 0 Å². The normalized spacial score (nSPS) is 28.1. The molecule has 132 valence electrons. The number of nitrogens with zero attached hydrogens (tertiary/aromatic N) is 1. The van der Waals surface area contributed by atoms with Gasteiger partial charge in [-0.05, 0) is 43.2 Å². The van der Waals surface area contributed by atoms with Gasteiger partial charge in [0.15, 0.2) is 9.84 Å². The Kier molecular flexibility index (Phi) is 4.22. The van der Waals surface area contributed by atoms with E-state index < -0.39 is 14.6 Å². The Morgan fingerprint density at radius 3 is 2.62 bits per heavy atom. The van der Waals surface area contributed by atoms with Crippen LogP contribution in [0.2, 0.25) is 0 Å². The molecule has 1 aliphatic carbocycles. The van der Waals surface area contributed by atoms with Crippen LogP contribution in [0.3, 0.4) is 0 Å². The van der Waals surface area contributed by atoms with Crippen LogP contribution in [0.1, 0.15) is 30.4 Å². The van der Waals surface area contributed by atoms with Gasteiger partial charge in [0.05, 0.1) is 12.4 Å². The van der Waals surface area contributed by atoms with Gasteiger partial charge in [0.25, 0.3) is 0 Å². The molecule has 4 rings (SSSR count). The predicted octanol–water partition coefficient (Wildman–Crippen LogP) is 2.41. The highest BCUT2D eigenvalue weighted by Crippen LogP contribution is 2.45. The molecule has 24 heavy (non-hydrogen) atoms. The molecule has 0 N–H and O–H groups in total. The van der Waals surface area contributed by atoms with E-state index in [4.69, 9.17) is 4.74 Å². The topological polar surface area (TPSA) is 46.6 Å². The summed E-state index contributed by atoms with van der Waals surface area (Å²) in [6.07, 6.45) is 3.32. The molecule has 4 nitrogen and oxygen atoms in total. The zero-order valence-electron chi connectivity index (χ0n) is 14.4. The van der Waals surface area contributed by atoms with Crippen molar-refractivity contribution < 1.29 is 13.2 Å². The number of likely N-dealkylation sites (tertiary alicyclic amines) is 1. The molecule has 1 aromatic carbocycles. The summed E-state index contributed by atoms with van der Waals surface area (Å²) in [5.41, 5.74) is 2.57. The molecule has 1 spiro atoms. The Hall–Kier alpha value is -0.910. The molecular weight excluding hydrogens is 322 g/mol. The van der Waals surface area contributed by atoms with Crippen molar-refractivity contribution in [2.75, 3.05) is 32.1 Å². The third kappa shape index (κ3) is 2.91. The van der Waals surface area contributed by atoms with Crippen molar-refractivity contribution >= 4 is 9.84 Å². The summed E-state index contributed by atoms with van der Waals surface area (Å²) in [7, 11) is -2.99. The highest BCUT2D eigenvalue weighted by Gasteiger charge is 2.61. The number of rotatable bonds is 6. The average Bonchev–Trinajstić information content (AvgIpc) is 3.28. The molecule has 0 aromatic heterocycles. The van der Waals surface area contributed by atoms with Crippen LogP contribution >= 0.6 is 0 Å². The number of sulfone groups is 1. The molecule has 2 saturated heterocycles. The fourth-order valence-electron chi connectivity index (χ4n) is 4.22. The van der Waals surface area contributed by atoms with Crippen molar-refractivity contribution in [2.24, 2.45) is 11.8 Å². The third-order valence-corrected chi connectivity index (χ3v) is 8.71. The standard InChI is InChI=1S/C19H27NO3S/c1-15-4-2-3-5-17(15)10-20-13-19(14-20)18(8-9-24(19,21)22)12-23-11-16-6-7-16/h2-5,16,18H,6-14H2,1H3. The first kappa shape index (κ1) is 16.6. The molecule has 0 bridgehead atoms. The average molecular weight is 349 g/mol. The van der Waals surface area contributed by atoms with Crippen LogP contribution < -0.4 is 0 Å². The maximum absolute atomic E-state index is 12.7. The van der Waals surface area contributed by atoms with Gasteiger partial charge in [0.2, 0.25) is 0 Å². The number of hydrogen-bond acceptors (Lipinski definition) is 4. The second-order valence-corrected chi connectivity index (χ2v) is 10.4. The quantitative estimate of drug-likeness (QED) is 0.791. The van der Waals surface area contributed by atoms with E-state index in [0.717, 1.165) is 25.5 Å². The molecule has 0 radical (unpaired) electrons. The van der Waals surface area contributed by atoms with E-state index >= 15 is 0 Å². The molecule has 1 saturated carbocycles. The molecule has 3 aliphatic rings. The lowest BCUT2D eigenvalue weighted by Gasteiger charge is -2.50. The zero-order chi connectivity index (χ0) is 16.8. The SMILES string of the molecule is Cc1ccccc1CN1CC2(C1)C(COCC1CC1)CCS2(=O)=O. The lowest BCUT2D eigenvalue weighted by atomic mass is 9.83. The molecule has 5 heteroatoms. The first-order valence-electron chi connectivity index (χ1n) is 9.07. The van der Waals surface area contributed by atoms with Gasteiger partial charge in [0.1, 0.15) is 4.75 Å². The van der Waals surface area contributed by atoms with E-state index in [-0.39, 0.29) is 5.92 Å². The van der Waals surface area contributed by atoms with Crippen molar-refractivity contribution in [1.29, 1.82) is 0 Å². The van der Waals surface area contributed by atoms with E-state index in [1.807, 2.05) is 6.07 Å². The molecule has 1 atom stereocenters. The predicted molar refractivity (Wildman–Crippen MR) is 94.6 cm³/mol. The van der Waals surface area contributed by atoms with Crippen LogP contribution in [0, 0.1) is 18.8 Å². The van der Waals surface area contributed by atoms with Gasteiger partial charge in [0, 0.05) is 32.2 Å². The van der Waals surface area contributed by atoms with Crippen molar-refractivity contribution in [3.05, 3.63) is 35.4 Å². The van der Waals surface area contributed by atoms with Crippen LogP contribution in [0.25, 0.3) is 0 Å². The molecule has 2 aliphatic heterocycles. The molecular formula is C19H27NO3S.